The number of aryl methyl sites for hydroxylation is 1. The van der Waals surface area contributed by atoms with Crippen LogP contribution in [0, 0.1) is 6.92 Å². The SMILES string of the molecule is C=C(C=CC(=CCC)N=NN1CCN(Cc2ccccc2C)CC1)C(=O)O. The first-order chi connectivity index (χ1) is 13.0. The van der Waals surface area contributed by atoms with Crippen molar-refractivity contribution in [2.45, 2.75) is 26.8 Å². The third-order valence-electron chi connectivity index (χ3n) is 4.43. The molecule has 6 nitrogen and oxygen atoms in total. The average molecular weight is 368 g/mol. The van der Waals surface area contributed by atoms with E-state index in [9.17, 15) is 4.79 Å². The number of aliphatic carboxylic acids is 1. The Labute approximate surface area is 161 Å². The maximum absolute atomic E-state index is 10.8. The van der Waals surface area contributed by atoms with Crippen molar-refractivity contribution in [1.29, 1.82) is 0 Å². The van der Waals surface area contributed by atoms with E-state index in [1.165, 1.54) is 17.2 Å². The number of benzene rings is 1. The molecule has 0 radical (unpaired) electrons. The second-order valence-corrected chi connectivity index (χ2v) is 6.55. The molecule has 1 saturated heterocycles. The third-order valence-corrected chi connectivity index (χ3v) is 4.43. The van der Waals surface area contributed by atoms with E-state index >= 15 is 0 Å². The Morgan fingerprint density at radius 1 is 1.22 bits per heavy atom. The minimum absolute atomic E-state index is 0.0250. The van der Waals surface area contributed by atoms with E-state index in [1.54, 1.807) is 6.08 Å². The zero-order chi connectivity index (χ0) is 19.6. The van der Waals surface area contributed by atoms with E-state index in [0.717, 1.165) is 39.1 Å². The molecular weight excluding hydrogens is 340 g/mol. The summed E-state index contributed by atoms with van der Waals surface area (Å²) in [5, 5.41) is 19.4. The van der Waals surface area contributed by atoms with Gasteiger partial charge in [-0.2, -0.15) is 0 Å². The molecule has 1 N–H and O–H groups in total. The van der Waals surface area contributed by atoms with E-state index in [1.807, 2.05) is 18.0 Å². The summed E-state index contributed by atoms with van der Waals surface area (Å²) >= 11 is 0. The quantitative estimate of drug-likeness (QED) is 0.428. The van der Waals surface area contributed by atoms with Crippen molar-refractivity contribution in [3.8, 4) is 0 Å². The van der Waals surface area contributed by atoms with Crippen molar-refractivity contribution in [1.82, 2.24) is 9.91 Å². The van der Waals surface area contributed by atoms with Gasteiger partial charge >= 0.3 is 5.97 Å². The predicted molar refractivity (Wildman–Crippen MR) is 107 cm³/mol. The molecule has 0 spiro atoms. The molecule has 0 unspecified atom stereocenters. The molecule has 0 aromatic heterocycles. The molecule has 1 heterocycles. The van der Waals surface area contributed by atoms with Gasteiger partial charge in [-0.3, -0.25) is 9.91 Å². The highest BCUT2D eigenvalue weighted by Crippen LogP contribution is 2.13. The number of carboxylic acids is 1. The first-order valence-electron chi connectivity index (χ1n) is 9.23. The lowest BCUT2D eigenvalue weighted by atomic mass is 10.1. The smallest absolute Gasteiger partial charge is 0.335 e. The molecule has 1 aliphatic rings. The molecule has 1 aromatic carbocycles. The topological polar surface area (TPSA) is 68.5 Å². The van der Waals surface area contributed by atoms with Crippen molar-refractivity contribution in [3.63, 3.8) is 0 Å². The van der Waals surface area contributed by atoms with Crippen LogP contribution < -0.4 is 0 Å². The number of carboxylic acid groups (broad SMARTS) is 1. The lowest BCUT2D eigenvalue weighted by molar-refractivity contribution is -0.132. The molecule has 6 heteroatoms. The highest BCUT2D eigenvalue weighted by atomic mass is 16.4. The molecule has 27 heavy (non-hydrogen) atoms. The highest BCUT2D eigenvalue weighted by molar-refractivity contribution is 5.89. The Kier molecular flexibility index (Phi) is 7.95. The number of hydrogen-bond donors (Lipinski definition) is 1. The summed E-state index contributed by atoms with van der Waals surface area (Å²) in [5.41, 5.74) is 3.35. The van der Waals surface area contributed by atoms with Gasteiger partial charge in [0, 0.05) is 19.6 Å². The minimum Gasteiger partial charge on any atom is -0.478 e. The summed E-state index contributed by atoms with van der Waals surface area (Å²) in [6.07, 6.45) is 5.78. The molecule has 0 bridgehead atoms. The van der Waals surface area contributed by atoms with E-state index in [-0.39, 0.29) is 5.57 Å². The fourth-order valence-corrected chi connectivity index (χ4v) is 2.74. The van der Waals surface area contributed by atoms with Gasteiger partial charge in [0.25, 0.3) is 0 Å². The Morgan fingerprint density at radius 2 is 1.93 bits per heavy atom. The van der Waals surface area contributed by atoms with Gasteiger partial charge < -0.3 is 5.11 Å². The summed E-state index contributed by atoms with van der Waals surface area (Å²) in [4.78, 5) is 13.2. The molecule has 0 amide bonds. The Bertz CT molecular complexity index is 744. The van der Waals surface area contributed by atoms with Crippen molar-refractivity contribution < 1.29 is 9.90 Å². The van der Waals surface area contributed by atoms with Crippen LogP contribution in [0.4, 0.5) is 0 Å². The largest absolute Gasteiger partial charge is 0.478 e. The zero-order valence-electron chi connectivity index (χ0n) is 16.1. The maximum atomic E-state index is 10.8. The summed E-state index contributed by atoms with van der Waals surface area (Å²) in [5.74, 6) is -1.04. The molecule has 1 aromatic rings. The van der Waals surface area contributed by atoms with Crippen LogP contribution >= 0.6 is 0 Å². The number of nitrogens with zero attached hydrogens (tertiary/aromatic N) is 4. The molecule has 2 rings (SSSR count). The van der Waals surface area contributed by atoms with Gasteiger partial charge in [-0.15, -0.1) is 5.11 Å². The van der Waals surface area contributed by atoms with Crippen LogP contribution in [0.25, 0.3) is 0 Å². The number of rotatable bonds is 8. The molecule has 1 aliphatic heterocycles. The average Bonchev–Trinajstić information content (AvgIpc) is 2.66. The molecule has 0 saturated carbocycles. The van der Waals surface area contributed by atoms with Crippen LogP contribution in [0.2, 0.25) is 0 Å². The van der Waals surface area contributed by atoms with Gasteiger partial charge in [-0.05, 0) is 36.6 Å². The lowest BCUT2D eigenvalue weighted by Crippen LogP contribution is -2.43. The molecular formula is C21H28N4O2. The molecule has 0 aliphatic carbocycles. The standard InChI is InChI=1S/C21H28N4O2/c1-4-7-20(11-10-18(3)21(26)27)22-23-25-14-12-24(13-15-25)16-19-9-6-5-8-17(19)2/h5-11H,3-4,12-16H2,1-2H3,(H,26,27). The summed E-state index contributed by atoms with van der Waals surface area (Å²) < 4.78 is 0. The van der Waals surface area contributed by atoms with E-state index in [2.05, 4.69) is 53.0 Å². The van der Waals surface area contributed by atoms with Crippen LogP contribution in [0.5, 0.6) is 0 Å². The first kappa shape index (κ1) is 20.6. The third kappa shape index (κ3) is 6.83. The van der Waals surface area contributed by atoms with Crippen LogP contribution in [0.1, 0.15) is 24.5 Å². The van der Waals surface area contributed by atoms with E-state index in [0.29, 0.717) is 5.70 Å². The number of allylic oxidation sites excluding steroid dienone is 2. The van der Waals surface area contributed by atoms with Crippen LogP contribution in [0.15, 0.2) is 70.7 Å². The maximum Gasteiger partial charge on any atom is 0.335 e. The van der Waals surface area contributed by atoms with E-state index in [4.69, 9.17) is 5.11 Å². The van der Waals surface area contributed by atoms with Gasteiger partial charge in [-0.1, -0.05) is 49.1 Å². The number of hydrogen-bond acceptors (Lipinski definition) is 4. The van der Waals surface area contributed by atoms with Crippen molar-refractivity contribution in [2.24, 2.45) is 10.3 Å². The predicted octanol–water partition coefficient (Wildman–Crippen LogP) is 3.97. The van der Waals surface area contributed by atoms with Crippen molar-refractivity contribution in [3.05, 3.63) is 71.5 Å². The lowest BCUT2D eigenvalue weighted by Gasteiger charge is -2.32. The molecule has 144 valence electrons. The van der Waals surface area contributed by atoms with Gasteiger partial charge in [0.05, 0.1) is 24.4 Å². The normalized spacial score (nSPS) is 16.4. The molecule has 1 fully saturated rings. The first-order valence-corrected chi connectivity index (χ1v) is 9.23. The van der Waals surface area contributed by atoms with Crippen molar-refractivity contribution in [2.75, 3.05) is 26.2 Å². The van der Waals surface area contributed by atoms with Gasteiger partial charge in [-0.25, -0.2) is 4.79 Å². The highest BCUT2D eigenvalue weighted by Gasteiger charge is 2.16. The zero-order valence-corrected chi connectivity index (χ0v) is 16.1. The second kappa shape index (κ2) is 10.4. The minimum atomic E-state index is -1.04. The van der Waals surface area contributed by atoms with Crippen LogP contribution in [-0.4, -0.2) is 47.2 Å². The monoisotopic (exact) mass is 368 g/mol. The van der Waals surface area contributed by atoms with E-state index < -0.39 is 5.97 Å². The Hall–Kier alpha value is -2.73. The molecule has 0 atom stereocenters. The van der Waals surface area contributed by atoms with Gasteiger partial charge in [0.1, 0.15) is 0 Å². The second-order valence-electron chi connectivity index (χ2n) is 6.55. The van der Waals surface area contributed by atoms with Crippen LogP contribution in [-0.2, 0) is 11.3 Å². The van der Waals surface area contributed by atoms with Crippen molar-refractivity contribution >= 4 is 5.97 Å². The Morgan fingerprint density at radius 3 is 2.56 bits per heavy atom. The summed E-state index contributed by atoms with van der Waals surface area (Å²) in [7, 11) is 0. The van der Waals surface area contributed by atoms with Crippen LogP contribution in [0.3, 0.4) is 0 Å². The fraction of sp³-hybridized carbons (Fsp3) is 0.381. The summed E-state index contributed by atoms with van der Waals surface area (Å²) in [6.45, 7) is 12.1. The number of carbonyl (C=O) groups is 1. The fourth-order valence-electron chi connectivity index (χ4n) is 2.74. The summed E-state index contributed by atoms with van der Waals surface area (Å²) in [6, 6.07) is 8.48. The van der Waals surface area contributed by atoms with Gasteiger partial charge in [0.2, 0.25) is 0 Å². The van der Waals surface area contributed by atoms with Gasteiger partial charge in [0.15, 0.2) is 0 Å². The Balaban J connectivity index is 1.87. The number of piperazine rings is 1.